The van der Waals surface area contributed by atoms with Gasteiger partial charge in [0, 0.05) is 9.26 Å². The van der Waals surface area contributed by atoms with Gasteiger partial charge in [0.15, 0.2) is 0 Å². The van der Waals surface area contributed by atoms with Gasteiger partial charge in [0.05, 0.1) is 11.4 Å². The maximum absolute atomic E-state index is 5.96. The summed E-state index contributed by atoms with van der Waals surface area (Å²) >= 11 is 2.34. The third-order valence-electron chi connectivity index (χ3n) is 2.75. The molecule has 0 spiro atoms. The number of hydrogen-bond donors (Lipinski definition) is 2. The number of hydrogen-bond acceptors (Lipinski definition) is 2. The van der Waals surface area contributed by atoms with Crippen LogP contribution in [0.2, 0.25) is 0 Å². The second-order valence-electron chi connectivity index (χ2n) is 4.13. The van der Waals surface area contributed by atoms with Gasteiger partial charge in [-0.2, -0.15) is 0 Å². The molecule has 17 heavy (non-hydrogen) atoms. The summed E-state index contributed by atoms with van der Waals surface area (Å²) in [5.41, 5.74) is 11.3. The number of anilines is 3. The molecule has 2 aromatic rings. The molecule has 0 heterocycles. The van der Waals surface area contributed by atoms with Crippen molar-refractivity contribution in [3.8, 4) is 0 Å². The predicted octanol–water partition coefficient (Wildman–Crippen LogP) is 4.23. The van der Waals surface area contributed by atoms with E-state index in [1.807, 2.05) is 18.2 Å². The lowest BCUT2D eigenvalue weighted by molar-refractivity contribution is 1.39. The molecule has 88 valence electrons. The first-order chi connectivity index (χ1) is 8.08. The molecular formula is C14H15IN2. The van der Waals surface area contributed by atoms with Gasteiger partial charge in [0.25, 0.3) is 0 Å². The van der Waals surface area contributed by atoms with Crippen LogP contribution < -0.4 is 11.1 Å². The van der Waals surface area contributed by atoms with Crippen LogP contribution in [0, 0.1) is 17.4 Å². The Bertz CT molecular complexity index is 550. The molecule has 3 N–H and O–H groups in total. The van der Waals surface area contributed by atoms with Gasteiger partial charge in [-0.15, -0.1) is 0 Å². The maximum Gasteiger partial charge on any atom is 0.0620 e. The highest BCUT2D eigenvalue weighted by atomic mass is 127. The van der Waals surface area contributed by atoms with E-state index in [1.54, 1.807) is 0 Å². The highest BCUT2D eigenvalue weighted by Crippen LogP contribution is 2.28. The van der Waals surface area contributed by atoms with Crippen LogP contribution in [0.5, 0.6) is 0 Å². The molecule has 0 atom stereocenters. The van der Waals surface area contributed by atoms with E-state index < -0.39 is 0 Å². The molecular weight excluding hydrogens is 323 g/mol. The van der Waals surface area contributed by atoms with E-state index in [9.17, 15) is 0 Å². The molecule has 0 fully saturated rings. The van der Waals surface area contributed by atoms with Gasteiger partial charge in [0.1, 0.15) is 0 Å². The SMILES string of the molecule is Cc1ccc(N)c(Nc2cccc(I)c2C)c1. The molecule has 0 radical (unpaired) electrons. The van der Waals surface area contributed by atoms with Gasteiger partial charge in [-0.3, -0.25) is 0 Å². The summed E-state index contributed by atoms with van der Waals surface area (Å²) in [4.78, 5) is 0. The smallest absolute Gasteiger partial charge is 0.0620 e. The summed E-state index contributed by atoms with van der Waals surface area (Å²) in [6.45, 7) is 4.17. The molecule has 0 amide bonds. The summed E-state index contributed by atoms with van der Waals surface area (Å²) in [5, 5.41) is 3.39. The van der Waals surface area contributed by atoms with Gasteiger partial charge in [-0.05, 0) is 71.8 Å². The van der Waals surface area contributed by atoms with E-state index in [4.69, 9.17) is 5.73 Å². The van der Waals surface area contributed by atoms with Gasteiger partial charge in [-0.1, -0.05) is 12.1 Å². The quantitative estimate of drug-likeness (QED) is 0.635. The Labute approximate surface area is 115 Å². The number of rotatable bonds is 2. The lowest BCUT2D eigenvalue weighted by Gasteiger charge is -2.13. The normalized spacial score (nSPS) is 10.3. The highest BCUT2D eigenvalue weighted by molar-refractivity contribution is 14.1. The molecule has 0 unspecified atom stereocenters. The van der Waals surface area contributed by atoms with E-state index in [0.29, 0.717) is 0 Å². The zero-order valence-corrected chi connectivity index (χ0v) is 12.1. The fraction of sp³-hybridized carbons (Fsp3) is 0.143. The fourth-order valence-electron chi connectivity index (χ4n) is 1.67. The second kappa shape index (κ2) is 4.96. The molecule has 0 aromatic heterocycles. The minimum absolute atomic E-state index is 0.772. The Hall–Kier alpha value is -1.23. The Morgan fingerprint density at radius 2 is 1.82 bits per heavy atom. The van der Waals surface area contributed by atoms with Crippen LogP contribution in [0.1, 0.15) is 11.1 Å². The largest absolute Gasteiger partial charge is 0.397 e. The first kappa shape index (κ1) is 12.2. The first-order valence-electron chi connectivity index (χ1n) is 5.46. The van der Waals surface area contributed by atoms with Crippen LogP contribution in [0.15, 0.2) is 36.4 Å². The number of nitrogen functional groups attached to an aromatic ring is 1. The maximum atomic E-state index is 5.96. The van der Waals surface area contributed by atoms with E-state index in [2.05, 4.69) is 60.0 Å². The number of nitrogens with two attached hydrogens (primary N) is 1. The molecule has 0 aliphatic heterocycles. The lowest BCUT2D eigenvalue weighted by atomic mass is 10.1. The standard InChI is InChI=1S/C14H15IN2/c1-9-6-7-12(16)14(8-9)17-13-5-3-4-11(15)10(13)2/h3-8,17H,16H2,1-2H3. The Morgan fingerprint density at radius 1 is 1.06 bits per heavy atom. The number of benzene rings is 2. The zero-order valence-electron chi connectivity index (χ0n) is 9.92. The van der Waals surface area contributed by atoms with E-state index >= 15 is 0 Å². The van der Waals surface area contributed by atoms with Gasteiger partial charge in [0.2, 0.25) is 0 Å². The second-order valence-corrected chi connectivity index (χ2v) is 5.29. The lowest BCUT2D eigenvalue weighted by Crippen LogP contribution is -1.99. The Kier molecular flexibility index (Phi) is 3.57. The third-order valence-corrected chi connectivity index (χ3v) is 3.91. The first-order valence-corrected chi connectivity index (χ1v) is 6.54. The van der Waals surface area contributed by atoms with Crippen molar-refractivity contribution in [3.05, 3.63) is 51.1 Å². The molecule has 0 bridgehead atoms. The summed E-state index contributed by atoms with van der Waals surface area (Å²) in [6.07, 6.45) is 0. The number of aryl methyl sites for hydroxylation is 1. The van der Waals surface area contributed by atoms with E-state index in [-0.39, 0.29) is 0 Å². The van der Waals surface area contributed by atoms with Crippen molar-refractivity contribution in [1.82, 2.24) is 0 Å². The molecule has 0 aliphatic carbocycles. The predicted molar refractivity (Wildman–Crippen MR) is 82.8 cm³/mol. The average Bonchev–Trinajstić information content (AvgIpc) is 2.30. The minimum Gasteiger partial charge on any atom is -0.397 e. The van der Waals surface area contributed by atoms with Crippen molar-refractivity contribution < 1.29 is 0 Å². The van der Waals surface area contributed by atoms with Crippen LogP contribution in [0.25, 0.3) is 0 Å². The van der Waals surface area contributed by atoms with Gasteiger partial charge < -0.3 is 11.1 Å². The average molecular weight is 338 g/mol. The summed E-state index contributed by atoms with van der Waals surface area (Å²) in [6, 6.07) is 12.2. The minimum atomic E-state index is 0.772. The monoisotopic (exact) mass is 338 g/mol. The van der Waals surface area contributed by atoms with Crippen molar-refractivity contribution in [2.45, 2.75) is 13.8 Å². The third kappa shape index (κ3) is 2.72. The summed E-state index contributed by atoms with van der Waals surface area (Å²) < 4.78 is 1.25. The van der Waals surface area contributed by atoms with Gasteiger partial charge >= 0.3 is 0 Å². The van der Waals surface area contributed by atoms with Gasteiger partial charge in [-0.25, -0.2) is 0 Å². The summed E-state index contributed by atoms with van der Waals surface area (Å²) in [5.74, 6) is 0. The van der Waals surface area contributed by atoms with Crippen LogP contribution >= 0.6 is 22.6 Å². The summed E-state index contributed by atoms with van der Waals surface area (Å²) in [7, 11) is 0. The Balaban J connectivity index is 2.38. The van der Waals surface area contributed by atoms with Crippen LogP contribution in [0.3, 0.4) is 0 Å². The van der Waals surface area contributed by atoms with Crippen LogP contribution in [-0.2, 0) is 0 Å². The van der Waals surface area contributed by atoms with Crippen LogP contribution in [0.4, 0.5) is 17.1 Å². The van der Waals surface area contributed by atoms with Crippen molar-refractivity contribution >= 4 is 39.7 Å². The highest BCUT2D eigenvalue weighted by Gasteiger charge is 2.04. The Morgan fingerprint density at radius 3 is 2.59 bits per heavy atom. The van der Waals surface area contributed by atoms with Crippen molar-refractivity contribution in [1.29, 1.82) is 0 Å². The van der Waals surface area contributed by atoms with Crippen molar-refractivity contribution in [2.24, 2.45) is 0 Å². The topological polar surface area (TPSA) is 38.0 Å². The zero-order chi connectivity index (χ0) is 12.4. The molecule has 0 aliphatic rings. The fourth-order valence-corrected chi connectivity index (χ4v) is 2.16. The van der Waals surface area contributed by atoms with Crippen molar-refractivity contribution in [3.63, 3.8) is 0 Å². The molecule has 2 aromatic carbocycles. The molecule has 0 saturated heterocycles. The number of nitrogens with one attached hydrogen (secondary N) is 1. The van der Waals surface area contributed by atoms with Crippen LogP contribution in [-0.4, -0.2) is 0 Å². The van der Waals surface area contributed by atoms with E-state index in [0.717, 1.165) is 17.1 Å². The van der Waals surface area contributed by atoms with Crippen molar-refractivity contribution in [2.75, 3.05) is 11.1 Å². The number of halogens is 1. The molecule has 2 nitrogen and oxygen atoms in total. The van der Waals surface area contributed by atoms with E-state index in [1.165, 1.54) is 14.7 Å². The molecule has 0 saturated carbocycles. The molecule has 2 rings (SSSR count). The molecule has 3 heteroatoms.